The molecule has 0 amide bonds. The van der Waals surface area contributed by atoms with Gasteiger partial charge in [0.25, 0.3) is 5.22 Å². The molecule has 23 heavy (non-hydrogen) atoms. The van der Waals surface area contributed by atoms with E-state index in [0.717, 1.165) is 30.0 Å². The summed E-state index contributed by atoms with van der Waals surface area (Å²) >= 11 is 3.02. The molecule has 9 heteroatoms. The number of rotatable bonds is 8. The maximum atomic E-state index is 5.61. The summed E-state index contributed by atoms with van der Waals surface area (Å²) < 4.78 is 10.8. The van der Waals surface area contributed by atoms with E-state index < -0.39 is 0 Å². The number of hydrogen-bond donors (Lipinski definition) is 0. The lowest BCUT2D eigenvalue weighted by atomic mass is 10.2. The summed E-state index contributed by atoms with van der Waals surface area (Å²) in [5.74, 6) is 2.45. The van der Waals surface area contributed by atoms with Crippen LogP contribution in [0.4, 0.5) is 0 Å². The van der Waals surface area contributed by atoms with E-state index in [9.17, 15) is 0 Å². The predicted molar refractivity (Wildman–Crippen MR) is 86.4 cm³/mol. The van der Waals surface area contributed by atoms with Crippen molar-refractivity contribution in [3.8, 4) is 0 Å². The Labute approximate surface area is 141 Å². The molecular formula is C14H17N5O2S2. The van der Waals surface area contributed by atoms with Crippen LogP contribution in [-0.4, -0.2) is 25.3 Å². The first-order valence-corrected chi connectivity index (χ1v) is 9.27. The second kappa shape index (κ2) is 7.69. The molecule has 0 radical (unpaired) electrons. The summed E-state index contributed by atoms with van der Waals surface area (Å²) in [6.45, 7) is 4.11. The topological polar surface area (TPSA) is 90.7 Å². The van der Waals surface area contributed by atoms with Crippen molar-refractivity contribution in [1.82, 2.24) is 25.3 Å². The molecule has 3 rings (SSSR count). The second-order valence-corrected chi connectivity index (χ2v) is 6.98. The van der Waals surface area contributed by atoms with Gasteiger partial charge < -0.3 is 8.94 Å². The standard InChI is InChI=1S/C14H17N5O2S2/c1-3-4-5-12-16-11(19-21-12)8-23-14-18-17-13(20-14)6-10-7-22-9(2)15-10/h7H,3-6,8H2,1-2H3. The molecular weight excluding hydrogens is 334 g/mol. The Hall–Kier alpha value is -1.74. The molecule has 0 bridgehead atoms. The molecule has 122 valence electrons. The van der Waals surface area contributed by atoms with E-state index >= 15 is 0 Å². The van der Waals surface area contributed by atoms with Crippen molar-refractivity contribution in [2.75, 3.05) is 0 Å². The number of thiazole rings is 1. The molecule has 0 saturated carbocycles. The monoisotopic (exact) mass is 351 g/mol. The average Bonchev–Trinajstić information content (AvgIpc) is 3.26. The van der Waals surface area contributed by atoms with Crippen molar-refractivity contribution in [1.29, 1.82) is 0 Å². The molecule has 3 aromatic rings. The van der Waals surface area contributed by atoms with Gasteiger partial charge in [-0.15, -0.1) is 21.5 Å². The number of hydrogen-bond acceptors (Lipinski definition) is 9. The molecule has 0 aromatic carbocycles. The summed E-state index contributed by atoms with van der Waals surface area (Å²) in [6, 6.07) is 0. The summed E-state index contributed by atoms with van der Waals surface area (Å²) in [4.78, 5) is 8.73. The molecule has 7 nitrogen and oxygen atoms in total. The number of nitrogens with zero attached hydrogens (tertiary/aromatic N) is 5. The third kappa shape index (κ3) is 4.61. The van der Waals surface area contributed by atoms with Gasteiger partial charge in [-0.25, -0.2) is 4.98 Å². The molecule has 0 aliphatic rings. The quantitative estimate of drug-likeness (QED) is 0.570. The molecule has 0 unspecified atom stereocenters. The number of thioether (sulfide) groups is 1. The van der Waals surface area contributed by atoms with Gasteiger partial charge in [-0.1, -0.05) is 30.3 Å². The highest BCUT2D eigenvalue weighted by molar-refractivity contribution is 7.98. The van der Waals surface area contributed by atoms with E-state index in [0.29, 0.717) is 35.0 Å². The van der Waals surface area contributed by atoms with Crippen LogP contribution in [0.25, 0.3) is 0 Å². The number of aromatic nitrogens is 5. The average molecular weight is 351 g/mol. The minimum atomic E-state index is 0.506. The molecule has 0 fully saturated rings. The van der Waals surface area contributed by atoms with Crippen molar-refractivity contribution >= 4 is 23.1 Å². The number of unbranched alkanes of at least 4 members (excludes halogenated alkanes) is 1. The van der Waals surface area contributed by atoms with Crippen LogP contribution >= 0.6 is 23.1 Å². The molecule has 0 aliphatic carbocycles. The Morgan fingerprint density at radius 1 is 1.22 bits per heavy atom. The van der Waals surface area contributed by atoms with Crippen molar-refractivity contribution in [3.05, 3.63) is 33.7 Å². The zero-order valence-electron chi connectivity index (χ0n) is 13.0. The minimum Gasteiger partial charge on any atom is -0.416 e. The van der Waals surface area contributed by atoms with Gasteiger partial charge in [-0.05, 0) is 13.3 Å². The highest BCUT2D eigenvalue weighted by Gasteiger charge is 2.12. The van der Waals surface area contributed by atoms with Crippen LogP contribution in [0.1, 0.15) is 48.1 Å². The molecule has 0 N–H and O–H groups in total. The highest BCUT2D eigenvalue weighted by Crippen LogP contribution is 2.21. The fraction of sp³-hybridized carbons (Fsp3) is 0.500. The van der Waals surface area contributed by atoms with Crippen LogP contribution in [0.3, 0.4) is 0 Å². The first-order chi connectivity index (χ1) is 11.2. The third-order valence-corrected chi connectivity index (χ3v) is 4.66. The Bertz CT molecular complexity index is 752. The third-order valence-electron chi connectivity index (χ3n) is 3.03. The van der Waals surface area contributed by atoms with Gasteiger partial charge in [0.2, 0.25) is 11.8 Å². The van der Waals surface area contributed by atoms with E-state index in [-0.39, 0.29) is 0 Å². The van der Waals surface area contributed by atoms with Crippen LogP contribution in [0, 0.1) is 6.92 Å². The van der Waals surface area contributed by atoms with Crippen LogP contribution in [0.15, 0.2) is 19.5 Å². The zero-order valence-corrected chi connectivity index (χ0v) is 14.6. The molecule has 3 heterocycles. The Kier molecular flexibility index (Phi) is 5.39. The first-order valence-electron chi connectivity index (χ1n) is 7.40. The van der Waals surface area contributed by atoms with Gasteiger partial charge in [-0.3, -0.25) is 0 Å². The Morgan fingerprint density at radius 2 is 2.13 bits per heavy atom. The van der Waals surface area contributed by atoms with Crippen molar-refractivity contribution in [3.63, 3.8) is 0 Å². The van der Waals surface area contributed by atoms with E-state index in [2.05, 4.69) is 32.2 Å². The summed E-state index contributed by atoms with van der Waals surface area (Å²) in [5.41, 5.74) is 0.950. The fourth-order valence-electron chi connectivity index (χ4n) is 1.92. The van der Waals surface area contributed by atoms with E-state index in [1.54, 1.807) is 11.3 Å². The van der Waals surface area contributed by atoms with Gasteiger partial charge >= 0.3 is 0 Å². The minimum absolute atomic E-state index is 0.506. The first kappa shape index (κ1) is 16.1. The van der Waals surface area contributed by atoms with Crippen LogP contribution < -0.4 is 0 Å². The lowest BCUT2D eigenvalue weighted by Crippen LogP contribution is -1.88. The smallest absolute Gasteiger partial charge is 0.277 e. The van der Waals surface area contributed by atoms with Gasteiger partial charge in [0.05, 0.1) is 22.9 Å². The van der Waals surface area contributed by atoms with E-state index in [1.165, 1.54) is 11.8 Å². The maximum absolute atomic E-state index is 5.61. The molecule has 0 aliphatic heterocycles. The second-order valence-electron chi connectivity index (χ2n) is 4.99. The summed E-state index contributed by atoms with van der Waals surface area (Å²) in [7, 11) is 0. The Balaban J connectivity index is 1.51. The van der Waals surface area contributed by atoms with Gasteiger partial charge in [-0.2, -0.15) is 4.98 Å². The lowest BCUT2D eigenvalue weighted by molar-refractivity contribution is 0.371. The normalized spacial score (nSPS) is 11.2. The largest absolute Gasteiger partial charge is 0.416 e. The fourth-order valence-corrected chi connectivity index (χ4v) is 3.15. The highest BCUT2D eigenvalue weighted by atomic mass is 32.2. The van der Waals surface area contributed by atoms with Crippen LogP contribution in [0.5, 0.6) is 0 Å². The van der Waals surface area contributed by atoms with Gasteiger partial charge in [0.15, 0.2) is 5.82 Å². The van der Waals surface area contributed by atoms with Crippen LogP contribution in [0.2, 0.25) is 0 Å². The van der Waals surface area contributed by atoms with Crippen molar-refractivity contribution < 1.29 is 8.94 Å². The van der Waals surface area contributed by atoms with Gasteiger partial charge in [0.1, 0.15) is 0 Å². The van der Waals surface area contributed by atoms with E-state index in [1.807, 2.05) is 12.3 Å². The number of aryl methyl sites for hydroxylation is 2. The van der Waals surface area contributed by atoms with Crippen molar-refractivity contribution in [2.24, 2.45) is 0 Å². The van der Waals surface area contributed by atoms with Crippen molar-refractivity contribution in [2.45, 2.75) is 50.5 Å². The molecule has 0 spiro atoms. The SMILES string of the molecule is CCCCc1nc(CSc2nnc(Cc3csc(C)n3)o2)no1. The van der Waals surface area contributed by atoms with E-state index in [4.69, 9.17) is 8.94 Å². The summed E-state index contributed by atoms with van der Waals surface area (Å²) in [6.07, 6.45) is 3.54. The summed E-state index contributed by atoms with van der Waals surface area (Å²) in [5, 5.41) is 15.6. The Morgan fingerprint density at radius 3 is 2.91 bits per heavy atom. The van der Waals surface area contributed by atoms with Crippen LogP contribution in [-0.2, 0) is 18.6 Å². The molecule has 3 aromatic heterocycles. The lowest BCUT2D eigenvalue weighted by Gasteiger charge is -1.91. The zero-order chi connectivity index (χ0) is 16.1. The molecule has 0 atom stereocenters. The predicted octanol–water partition coefficient (Wildman–Crippen LogP) is 3.44. The maximum Gasteiger partial charge on any atom is 0.277 e. The van der Waals surface area contributed by atoms with Gasteiger partial charge in [0, 0.05) is 11.8 Å². The molecule has 0 saturated heterocycles.